The van der Waals surface area contributed by atoms with Crippen LogP contribution in [0, 0.1) is 0 Å². The van der Waals surface area contributed by atoms with Crippen LogP contribution in [0.5, 0.6) is 0 Å². The fourth-order valence-corrected chi connectivity index (χ4v) is 0.797. The van der Waals surface area contributed by atoms with Gasteiger partial charge in [-0.1, -0.05) is 0 Å². The van der Waals surface area contributed by atoms with Crippen molar-refractivity contribution in [2.24, 2.45) is 0 Å². The van der Waals surface area contributed by atoms with Gasteiger partial charge in [0.05, 0.1) is 0 Å². The first-order chi connectivity index (χ1) is 4.88. The molecule has 0 rings (SSSR count). The molecule has 64 valence electrons. The Bertz CT molecular complexity index is 183. The van der Waals surface area contributed by atoms with E-state index >= 15 is 0 Å². The van der Waals surface area contributed by atoms with Gasteiger partial charge < -0.3 is 0 Å². The second-order valence-electron chi connectivity index (χ2n) is 1.82. The van der Waals surface area contributed by atoms with E-state index in [1.807, 2.05) is 0 Å². The Morgan fingerprint density at radius 2 is 1.91 bits per heavy atom. The van der Waals surface area contributed by atoms with Gasteiger partial charge in [-0.05, 0) is 0 Å². The molecule has 0 spiro atoms. The van der Waals surface area contributed by atoms with Crippen LogP contribution in [0.3, 0.4) is 0 Å². The topological polar surface area (TPSA) is 17.1 Å². The molecule has 0 heterocycles. The zero-order valence-corrected chi connectivity index (χ0v) is 7.74. The van der Waals surface area contributed by atoms with Crippen molar-refractivity contribution in [3.63, 3.8) is 0 Å². The van der Waals surface area contributed by atoms with Gasteiger partial charge in [-0.2, -0.15) is 0 Å². The van der Waals surface area contributed by atoms with E-state index in [-0.39, 0.29) is 15.0 Å². The van der Waals surface area contributed by atoms with Gasteiger partial charge >= 0.3 is 68.2 Å². The Morgan fingerprint density at radius 3 is 2.18 bits per heavy atom. The molecule has 0 aliphatic rings. The molecule has 0 atom stereocenters. The van der Waals surface area contributed by atoms with Crippen LogP contribution in [0.25, 0.3) is 0 Å². The molecule has 0 N–H and O–H groups in total. The molecule has 0 amide bonds. The predicted molar refractivity (Wildman–Crippen MR) is 36.4 cm³/mol. The summed E-state index contributed by atoms with van der Waals surface area (Å²) >= 11 is -0.0269. The van der Waals surface area contributed by atoms with Gasteiger partial charge in [0.1, 0.15) is 0 Å². The minimum atomic E-state index is -4.72. The van der Waals surface area contributed by atoms with Crippen LogP contribution in [0.4, 0.5) is 13.2 Å². The van der Waals surface area contributed by atoms with E-state index in [2.05, 4.69) is 0 Å². The molecule has 0 bridgehead atoms. The van der Waals surface area contributed by atoms with Gasteiger partial charge in [-0.3, -0.25) is 0 Å². The van der Waals surface area contributed by atoms with Crippen molar-refractivity contribution in [1.82, 2.24) is 0 Å². The van der Waals surface area contributed by atoms with E-state index in [0.29, 0.717) is 10.5 Å². The average molecular weight is 231 g/mol. The molecule has 0 unspecified atom stereocenters. The average Bonchev–Trinajstić information content (AvgIpc) is 1.85. The van der Waals surface area contributed by atoms with Crippen molar-refractivity contribution in [3.8, 4) is 0 Å². The first kappa shape index (κ1) is 10.7. The van der Waals surface area contributed by atoms with Crippen LogP contribution < -0.4 is 0 Å². The van der Waals surface area contributed by atoms with Gasteiger partial charge in [-0.25, -0.2) is 0 Å². The Hall–Kier alpha value is -0.281. The summed E-state index contributed by atoms with van der Waals surface area (Å²) in [5.74, 6) is -0.0126. The second-order valence-corrected chi connectivity index (χ2v) is 4.03. The van der Waals surface area contributed by atoms with Crippen LogP contribution in [0.1, 0.15) is 6.92 Å². The number of ketones is 1. The Labute approximate surface area is 68.8 Å². The molecular weight excluding hydrogens is 224 g/mol. The summed E-state index contributed by atoms with van der Waals surface area (Å²) in [6.07, 6.45) is -4.06. The molecule has 0 aliphatic heterocycles. The van der Waals surface area contributed by atoms with Crippen molar-refractivity contribution in [1.29, 1.82) is 0 Å². The van der Waals surface area contributed by atoms with E-state index in [4.69, 9.17) is 0 Å². The van der Waals surface area contributed by atoms with Gasteiger partial charge in [0.25, 0.3) is 0 Å². The molecule has 0 aliphatic carbocycles. The second kappa shape index (κ2) is 3.93. The third-order valence-corrected chi connectivity index (χ3v) is 2.53. The normalized spacial score (nSPS) is 13.4. The Morgan fingerprint density at radius 1 is 1.45 bits per heavy atom. The number of carbonyl (C=O) groups is 1. The Balaban J connectivity index is 4.30. The summed E-state index contributed by atoms with van der Waals surface area (Å²) in [5.41, 5.74) is 0. The maximum atomic E-state index is 11.6. The summed E-state index contributed by atoms with van der Waals surface area (Å²) < 4.78 is 35.2. The fraction of sp³-hybridized carbons (Fsp3) is 0.500. The van der Waals surface area contributed by atoms with E-state index < -0.39 is 12.0 Å². The maximum absolute atomic E-state index is 11.6. The molecule has 0 saturated heterocycles. The summed E-state index contributed by atoms with van der Waals surface area (Å²) in [4.78, 5) is 10.2. The first-order valence-corrected chi connectivity index (χ1v) is 5.28. The summed E-state index contributed by atoms with van der Waals surface area (Å²) in [6.45, 7) is 1.52. The van der Waals surface area contributed by atoms with Crippen molar-refractivity contribution < 1.29 is 18.0 Å². The first-order valence-electron chi connectivity index (χ1n) is 2.71. The third-order valence-electron chi connectivity index (χ3n) is 0.936. The molecule has 11 heavy (non-hydrogen) atoms. The molecule has 0 aromatic rings. The third kappa shape index (κ3) is 4.22. The monoisotopic (exact) mass is 232 g/mol. The molecule has 0 radical (unpaired) electrons. The van der Waals surface area contributed by atoms with Crippen LogP contribution in [-0.4, -0.2) is 26.9 Å². The number of halogens is 3. The van der Waals surface area contributed by atoms with Crippen molar-refractivity contribution >= 4 is 20.7 Å². The molecular formula is C6H7F3OSe. The van der Waals surface area contributed by atoms with E-state index in [0.717, 1.165) is 0 Å². The SMILES string of the molecule is C[Se]/C(C)=C\C(=O)C(F)(F)F. The van der Waals surface area contributed by atoms with E-state index in [1.165, 1.54) is 6.92 Å². The van der Waals surface area contributed by atoms with Crippen molar-refractivity contribution in [2.45, 2.75) is 18.9 Å². The van der Waals surface area contributed by atoms with Crippen LogP contribution in [0.15, 0.2) is 10.5 Å². The van der Waals surface area contributed by atoms with Crippen molar-refractivity contribution in [3.05, 3.63) is 10.5 Å². The summed E-state index contributed by atoms with van der Waals surface area (Å²) in [5, 5.41) is 0. The van der Waals surface area contributed by atoms with Gasteiger partial charge in [-0.15, -0.1) is 0 Å². The summed E-state index contributed by atoms with van der Waals surface area (Å²) in [6, 6.07) is 0. The van der Waals surface area contributed by atoms with Crippen LogP contribution >= 0.6 is 0 Å². The number of carbonyl (C=O) groups excluding carboxylic acids is 1. The predicted octanol–water partition coefficient (Wildman–Crippen LogP) is 1.77. The minimum absolute atomic E-state index is 0.0269. The summed E-state index contributed by atoms with van der Waals surface area (Å²) in [7, 11) is 0. The Kier molecular flexibility index (Phi) is 3.83. The number of hydrogen-bond donors (Lipinski definition) is 0. The molecule has 1 nitrogen and oxygen atoms in total. The van der Waals surface area contributed by atoms with Crippen molar-refractivity contribution in [2.75, 3.05) is 0 Å². The molecule has 0 fully saturated rings. The molecule has 5 heteroatoms. The number of alkyl halides is 3. The zero-order chi connectivity index (χ0) is 9.07. The number of hydrogen-bond acceptors (Lipinski definition) is 1. The standard InChI is InChI=1S/C6H7F3OSe/c1-4(11-2)3-5(10)6(7,8)9/h3H,1-2H3/b4-3-. The molecule has 0 saturated carbocycles. The van der Waals surface area contributed by atoms with Crippen LogP contribution in [-0.2, 0) is 4.79 Å². The van der Waals surface area contributed by atoms with E-state index in [9.17, 15) is 18.0 Å². The van der Waals surface area contributed by atoms with Gasteiger partial charge in [0, 0.05) is 0 Å². The molecule has 0 aromatic carbocycles. The quantitative estimate of drug-likeness (QED) is 0.523. The molecule has 0 aromatic heterocycles. The number of allylic oxidation sites excluding steroid dienone is 2. The van der Waals surface area contributed by atoms with Gasteiger partial charge in [0.15, 0.2) is 0 Å². The van der Waals surface area contributed by atoms with Gasteiger partial charge in [0.2, 0.25) is 0 Å². The number of rotatable bonds is 2. The zero-order valence-electron chi connectivity index (χ0n) is 6.03. The van der Waals surface area contributed by atoms with E-state index in [1.54, 1.807) is 5.82 Å². The fourth-order valence-electron chi connectivity index (χ4n) is 0.325. The van der Waals surface area contributed by atoms with Crippen LogP contribution in [0.2, 0.25) is 5.82 Å².